The predicted molar refractivity (Wildman–Crippen MR) is 118 cm³/mol. The lowest BCUT2D eigenvalue weighted by Gasteiger charge is -2.33. The van der Waals surface area contributed by atoms with Crippen LogP contribution < -0.4 is 11.1 Å². The molecule has 29 heavy (non-hydrogen) atoms. The molecule has 0 aromatic carbocycles. The summed E-state index contributed by atoms with van der Waals surface area (Å²) in [6, 6.07) is 1.09. The fraction of sp³-hybridized carbons (Fsp3) is 0.833. The lowest BCUT2D eigenvalue weighted by atomic mass is 9.72. The van der Waals surface area contributed by atoms with Gasteiger partial charge in [0.25, 0.3) is 0 Å². The van der Waals surface area contributed by atoms with Crippen LogP contribution in [0.5, 0.6) is 0 Å². The molecule has 162 valence electrons. The third-order valence-electron chi connectivity index (χ3n) is 7.92. The molecule has 1 saturated heterocycles. The largest absolute Gasteiger partial charge is 0.385 e. The maximum atomic E-state index is 11.9. The minimum absolute atomic E-state index is 0.199. The predicted octanol–water partition coefficient (Wildman–Crippen LogP) is 3.98. The summed E-state index contributed by atoms with van der Waals surface area (Å²) in [5.74, 6) is 2.25. The van der Waals surface area contributed by atoms with Crippen molar-refractivity contribution in [3.05, 3.63) is 11.4 Å². The highest BCUT2D eigenvalue weighted by atomic mass is 16.1. The lowest BCUT2D eigenvalue weighted by Crippen LogP contribution is -2.38. The minimum Gasteiger partial charge on any atom is -0.385 e. The smallest absolute Gasteiger partial charge is 0.155 e. The average molecular weight is 401 g/mol. The van der Waals surface area contributed by atoms with E-state index in [-0.39, 0.29) is 5.92 Å². The molecule has 4 aliphatic rings. The number of likely N-dealkylation sites (tertiary alicyclic amines) is 1. The first kappa shape index (κ1) is 20.9. The molecule has 3 unspecified atom stereocenters. The Bertz CT molecular complexity index is 620. The van der Waals surface area contributed by atoms with E-state index >= 15 is 0 Å². The normalized spacial score (nSPS) is 32.6. The van der Waals surface area contributed by atoms with Crippen molar-refractivity contribution < 1.29 is 4.79 Å². The molecule has 0 amide bonds. The number of nitrogens with one attached hydrogen (secondary N) is 2. The zero-order valence-electron chi connectivity index (χ0n) is 18.0. The molecule has 0 spiro atoms. The summed E-state index contributed by atoms with van der Waals surface area (Å²) in [5, 5.41) is 12.1. The van der Waals surface area contributed by atoms with Gasteiger partial charge in [0, 0.05) is 36.8 Å². The number of nitrogens with two attached hydrogens (primary N) is 1. The summed E-state index contributed by atoms with van der Waals surface area (Å²) in [7, 11) is 0. The molecule has 3 atom stereocenters. The van der Waals surface area contributed by atoms with Crippen molar-refractivity contribution in [3.63, 3.8) is 0 Å². The quantitative estimate of drug-likeness (QED) is 0.327. The van der Waals surface area contributed by atoms with Gasteiger partial charge in [-0.25, -0.2) is 0 Å². The maximum Gasteiger partial charge on any atom is 0.155 e. The van der Waals surface area contributed by atoms with Crippen LogP contribution in [0.3, 0.4) is 0 Å². The highest BCUT2D eigenvalue weighted by Gasteiger charge is 2.35. The van der Waals surface area contributed by atoms with E-state index in [1.807, 2.05) is 0 Å². The Balaban J connectivity index is 1.32. The first-order chi connectivity index (χ1) is 14.1. The molecule has 5 heteroatoms. The number of aldehydes is 1. The molecule has 3 aliphatic carbocycles. The van der Waals surface area contributed by atoms with Crippen molar-refractivity contribution in [1.82, 2.24) is 10.2 Å². The van der Waals surface area contributed by atoms with E-state index in [2.05, 4.69) is 10.2 Å². The third-order valence-corrected chi connectivity index (χ3v) is 7.92. The fourth-order valence-electron chi connectivity index (χ4n) is 6.13. The number of hydrogen-bond donors (Lipinski definition) is 3. The fourth-order valence-corrected chi connectivity index (χ4v) is 6.13. The monoisotopic (exact) mass is 400 g/mol. The van der Waals surface area contributed by atoms with E-state index in [4.69, 9.17) is 11.1 Å². The Labute approximate surface area is 176 Å². The van der Waals surface area contributed by atoms with E-state index in [0.717, 1.165) is 56.5 Å². The van der Waals surface area contributed by atoms with Gasteiger partial charge in [0.05, 0.1) is 5.57 Å². The third kappa shape index (κ3) is 5.42. The topological polar surface area (TPSA) is 82.2 Å². The SMILES string of the molecule is N=C(/C(C=O)=C(/N)NC1CCN(C2CC2)C1)C1CCCC(CC2CCCCC2)C1. The van der Waals surface area contributed by atoms with Gasteiger partial charge in [-0.1, -0.05) is 44.9 Å². The van der Waals surface area contributed by atoms with Gasteiger partial charge >= 0.3 is 0 Å². The second-order valence-electron chi connectivity index (χ2n) is 10.2. The van der Waals surface area contributed by atoms with Crippen LogP contribution in [0.25, 0.3) is 0 Å². The number of carbonyl (C=O) groups excluding carboxylic acids is 1. The van der Waals surface area contributed by atoms with Crippen LogP contribution >= 0.6 is 0 Å². The van der Waals surface area contributed by atoms with E-state index in [1.54, 1.807) is 0 Å². The Hall–Kier alpha value is -1.36. The van der Waals surface area contributed by atoms with Crippen molar-refractivity contribution in [1.29, 1.82) is 5.41 Å². The lowest BCUT2D eigenvalue weighted by molar-refractivity contribution is -0.104. The van der Waals surface area contributed by atoms with Gasteiger partial charge in [-0.15, -0.1) is 0 Å². The van der Waals surface area contributed by atoms with Crippen molar-refractivity contribution in [2.75, 3.05) is 13.1 Å². The first-order valence-electron chi connectivity index (χ1n) is 12.2. The highest BCUT2D eigenvalue weighted by Crippen LogP contribution is 2.38. The van der Waals surface area contributed by atoms with Crippen LogP contribution in [0.4, 0.5) is 0 Å². The van der Waals surface area contributed by atoms with E-state index in [0.29, 0.717) is 23.1 Å². The van der Waals surface area contributed by atoms with Crippen molar-refractivity contribution in [2.24, 2.45) is 23.5 Å². The molecule has 4 rings (SSSR count). The van der Waals surface area contributed by atoms with Gasteiger partial charge in [0.15, 0.2) is 6.29 Å². The zero-order chi connectivity index (χ0) is 20.2. The van der Waals surface area contributed by atoms with Crippen LogP contribution in [0.15, 0.2) is 11.4 Å². The van der Waals surface area contributed by atoms with Gasteiger partial charge in [-0.05, 0) is 50.4 Å². The number of hydrogen-bond acceptors (Lipinski definition) is 5. The molecular formula is C24H40N4O. The van der Waals surface area contributed by atoms with Crippen molar-refractivity contribution in [3.8, 4) is 0 Å². The number of carbonyl (C=O) groups is 1. The van der Waals surface area contributed by atoms with Crippen LogP contribution in [-0.2, 0) is 4.79 Å². The van der Waals surface area contributed by atoms with E-state index in [9.17, 15) is 4.79 Å². The Morgan fingerprint density at radius 2 is 1.76 bits per heavy atom. The van der Waals surface area contributed by atoms with Crippen molar-refractivity contribution in [2.45, 2.75) is 95.6 Å². The van der Waals surface area contributed by atoms with Crippen LogP contribution in [-0.4, -0.2) is 42.1 Å². The summed E-state index contributed by atoms with van der Waals surface area (Å²) in [5.41, 5.74) is 7.21. The Kier molecular flexibility index (Phi) is 6.94. The molecule has 4 N–H and O–H groups in total. The molecule has 3 saturated carbocycles. The number of nitrogens with zero attached hydrogens (tertiary/aromatic N) is 1. The molecule has 0 aromatic heterocycles. The molecule has 1 aliphatic heterocycles. The van der Waals surface area contributed by atoms with Crippen LogP contribution in [0.2, 0.25) is 0 Å². The summed E-state index contributed by atoms with van der Waals surface area (Å²) in [4.78, 5) is 14.4. The van der Waals surface area contributed by atoms with Gasteiger partial charge in [0.1, 0.15) is 5.82 Å². The van der Waals surface area contributed by atoms with Crippen molar-refractivity contribution >= 4 is 12.0 Å². The van der Waals surface area contributed by atoms with E-state index in [1.165, 1.54) is 64.2 Å². The van der Waals surface area contributed by atoms with Gasteiger partial charge < -0.3 is 16.5 Å². The molecule has 1 heterocycles. The second kappa shape index (κ2) is 9.63. The Morgan fingerprint density at radius 1 is 1.00 bits per heavy atom. The molecule has 0 aromatic rings. The molecule has 5 nitrogen and oxygen atoms in total. The molecular weight excluding hydrogens is 360 g/mol. The summed E-state index contributed by atoms with van der Waals surface area (Å²) in [6.45, 7) is 2.13. The summed E-state index contributed by atoms with van der Waals surface area (Å²) < 4.78 is 0. The molecule has 0 bridgehead atoms. The van der Waals surface area contributed by atoms with Crippen LogP contribution in [0.1, 0.15) is 83.5 Å². The van der Waals surface area contributed by atoms with Gasteiger partial charge in [0.2, 0.25) is 0 Å². The van der Waals surface area contributed by atoms with Gasteiger partial charge in [-0.2, -0.15) is 0 Å². The highest BCUT2D eigenvalue weighted by molar-refractivity contribution is 6.14. The maximum absolute atomic E-state index is 11.9. The first-order valence-corrected chi connectivity index (χ1v) is 12.2. The number of allylic oxidation sites excluding steroid dienone is 1. The van der Waals surface area contributed by atoms with E-state index < -0.39 is 0 Å². The minimum atomic E-state index is 0.199. The van der Waals surface area contributed by atoms with Gasteiger partial charge in [-0.3, -0.25) is 9.69 Å². The zero-order valence-corrected chi connectivity index (χ0v) is 18.0. The second-order valence-corrected chi connectivity index (χ2v) is 10.2. The number of rotatable bonds is 8. The molecule has 4 fully saturated rings. The Morgan fingerprint density at radius 3 is 2.48 bits per heavy atom. The summed E-state index contributed by atoms with van der Waals surface area (Å²) in [6.07, 6.45) is 17.5. The van der Waals surface area contributed by atoms with Crippen LogP contribution in [0, 0.1) is 23.2 Å². The standard InChI is InChI=1S/C24H40N4O/c25-23(19-8-4-7-18(14-19)13-17-5-2-1-3-6-17)22(16-29)24(26)27-20-11-12-28(15-20)21-9-10-21/h16-21,25,27H,1-15,26H2/b24-22-,25-23?. The average Bonchev–Trinajstić information content (AvgIpc) is 3.49. The summed E-state index contributed by atoms with van der Waals surface area (Å²) >= 11 is 0. The molecule has 0 radical (unpaired) electrons.